The molecule has 4 rings (SSSR count). The van der Waals surface area contributed by atoms with Crippen molar-refractivity contribution in [2.75, 3.05) is 5.32 Å². The number of hydrogen-bond acceptors (Lipinski definition) is 3. The van der Waals surface area contributed by atoms with Crippen molar-refractivity contribution in [2.24, 2.45) is 0 Å². The average molecular weight is 323 g/mol. The first-order valence-electron chi connectivity index (χ1n) is 8.54. The predicted molar refractivity (Wildman–Crippen MR) is 92.7 cm³/mol. The van der Waals surface area contributed by atoms with E-state index in [0.29, 0.717) is 19.0 Å². The topological polar surface area (TPSA) is 64.7 Å². The third-order valence-corrected chi connectivity index (χ3v) is 4.72. The van der Waals surface area contributed by atoms with Gasteiger partial charge in [-0.3, -0.25) is 4.79 Å². The molecule has 1 aliphatic rings. The number of fused-ring (bicyclic) bond motifs is 1. The highest BCUT2D eigenvalue weighted by molar-refractivity contribution is 5.89. The fourth-order valence-electron chi connectivity index (χ4n) is 3.47. The number of rotatable bonds is 5. The standard InChI is InChI=1S/C18H21N5O/c24-18(10-12-22-13-19-15-7-3-4-8-16(15)22)21-17-9-11-20-23(17)14-5-1-2-6-14/h3-4,7-9,11,13-14H,1-2,5-6,10,12H2,(H,21,24). The van der Waals surface area contributed by atoms with Crippen LogP contribution in [0.25, 0.3) is 11.0 Å². The highest BCUT2D eigenvalue weighted by Gasteiger charge is 2.20. The number of carbonyl (C=O) groups is 1. The van der Waals surface area contributed by atoms with E-state index in [1.165, 1.54) is 12.8 Å². The van der Waals surface area contributed by atoms with Crippen LogP contribution in [-0.4, -0.2) is 25.2 Å². The van der Waals surface area contributed by atoms with Gasteiger partial charge in [-0.05, 0) is 25.0 Å². The first-order chi connectivity index (χ1) is 11.8. The second-order valence-electron chi connectivity index (χ2n) is 6.32. The van der Waals surface area contributed by atoms with Crippen LogP contribution in [0.4, 0.5) is 5.82 Å². The van der Waals surface area contributed by atoms with Crippen LogP contribution in [0, 0.1) is 0 Å². The summed E-state index contributed by atoms with van der Waals surface area (Å²) >= 11 is 0. The van der Waals surface area contributed by atoms with Gasteiger partial charge in [0, 0.05) is 19.0 Å². The molecule has 1 saturated carbocycles. The molecule has 0 spiro atoms. The molecule has 1 aromatic carbocycles. The molecule has 0 aliphatic heterocycles. The number of hydrogen-bond donors (Lipinski definition) is 1. The van der Waals surface area contributed by atoms with Gasteiger partial charge in [-0.1, -0.05) is 25.0 Å². The van der Waals surface area contributed by atoms with Crippen LogP contribution < -0.4 is 5.32 Å². The van der Waals surface area contributed by atoms with Crippen molar-refractivity contribution < 1.29 is 4.79 Å². The Balaban J connectivity index is 1.40. The zero-order chi connectivity index (χ0) is 16.4. The summed E-state index contributed by atoms with van der Waals surface area (Å²) in [6, 6.07) is 10.3. The van der Waals surface area contributed by atoms with E-state index in [1.54, 1.807) is 12.5 Å². The molecule has 0 unspecified atom stereocenters. The second-order valence-corrected chi connectivity index (χ2v) is 6.32. The maximum atomic E-state index is 12.3. The monoisotopic (exact) mass is 323 g/mol. The first-order valence-corrected chi connectivity index (χ1v) is 8.54. The summed E-state index contributed by atoms with van der Waals surface area (Å²) in [6.45, 7) is 0.615. The van der Waals surface area contributed by atoms with Crippen LogP contribution in [0.2, 0.25) is 0 Å². The van der Waals surface area contributed by atoms with Gasteiger partial charge >= 0.3 is 0 Å². The molecule has 1 amide bonds. The van der Waals surface area contributed by atoms with Gasteiger partial charge in [0.05, 0.1) is 29.6 Å². The summed E-state index contributed by atoms with van der Waals surface area (Å²) in [7, 11) is 0. The normalized spacial score (nSPS) is 15.2. The molecule has 3 aromatic rings. The minimum atomic E-state index is 0.00697. The van der Waals surface area contributed by atoms with E-state index in [2.05, 4.69) is 15.4 Å². The molecule has 0 atom stereocenters. The van der Waals surface area contributed by atoms with Gasteiger partial charge in [0.2, 0.25) is 5.91 Å². The van der Waals surface area contributed by atoms with Crippen LogP contribution in [0.5, 0.6) is 0 Å². The number of aryl methyl sites for hydroxylation is 1. The lowest BCUT2D eigenvalue weighted by Gasteiger charge is -2.14. The molecule has 1 fully saturated rings. The summed E-state index contributed by atoms with van der Waals surface area (Å²) in [5.74, 6) is 0.815. The first kappa shape index (κ1) is 14.9. The number of para-hydroxylation sites is 2. The molecule has 6 nitrogen and oxygen atoms in total. The van der Waals surface area contributed by atoms with E-state index in [9.17, 15) is 4.79 Å². The largest absolute Gasteiger partial charge is 0.330 e. The van der Waals surface area contributed by atoms with Gasteiger partial charge in [-0.2, -0.15) is 5.10 Å². The van der Waals surface area contributed by atoms with Crippen molar-refractivity contribution in [3.8, 4) is 0 Å². The quantitative estimate of drug-likeness (QED) is 0.783. The number of nitrogens with zero attached hydrogens (tertiary/aromatic N) is 4. The Bertz CT molecular complexity index is 844. The Morgan fingerprint density at radius 3 is 2.92 bits per heavy atom. The Morgan fingerprint density at radius 1 is 1.21 bits per heavy atom. The summed E-state index contributed by atoms with van der Waals surface area (Å²) in [6.07, 6.45) is 8.74. The Hall–Kier alpha value is -2.63. The fraction of sp³-hybridized carbons (Fsp3) is 0.389. The molecule has 2 aromatic heterocycles. The molecule has 1 N–H and O–H groups in total. The zero-order valence-electron chi connectivity index (χ0n) is 13.6. The lowest BCUT2D eigenvalue weighted by molar-refractivity contribution is -0.116. The van der Waals surface area contributed by atoms with Crippen molar-refractivity contribution in [3.63, 3.8) is 0 Å². The molecule has 124 valence electrons. The van der Waals surface area contributed by atoms with Crippen LogP contribution in [0.15, 0.2) is 42.9 Å². The number of imidazole rings is 1. The summed E-state index contributed by atoms with van der Waals surface area (Å²) < 4.78 is 3.99. The van der Waals surface area contributed by atoms with Crippen molar-refractivity contribution in [1.29, 1.82) is 0 Å². The van der Waals surface area contributed by atoms with E-state index in [0.717, 1.165) is 29.7 Å². The predicted octanol–water partition coefficient (Wildman–Crippen LogP) is 3.38. The minimum Gasteiger partial charge on any atom is -0.330 e. The van der Waals surface area contributed by atoms with Crippen molar-refractivity contribution in [3.05, 3.63) is 42.9 Å². The van der Waals surface area contributed by atoms with Gasteiger partial charge < -0.3 is 9.88 Å². The highest BCUT2D eigenvalue weighted by Crippen LogP contribution is 2.31. The van der Waals surface area contributed by atoms with Crippen LogP contribution in [-0.2, 0) is 11.3 Å². The van der Waals surface area contributed by atoms with E-state index >= 15 is 0 Å². The van der Waals surface area contributed by atoms with Gasteiger partial charge in [-0.25, -0.2) is 9.67 Å². The Labute approximate surface area is 140 Å². The molecule has 0 radical (unpaired) electrons. The SMILES string of the molecule is O=C(CCn1cnc2ccccc21)Nc1ccnn1C1CCCC1. The summed E-state index contributed by atoms with van der Waals surface area (Å²) in [5.41, 5.74) is 2.01. The van der Waals surface area contributed by atoms with E-state index in [1.807, 2.05) is 39.6 Å². The summed E-state index contributed by atoms with van der Waals surface area (Å²) in [4.78, 5) is 16.7. The number of benzene rings is 1. The van der Waals surface area contributed by atoms with Gasteiger partial charge in [0.15, 0.2) is 0 Å². The van der Waals surface area contributed by atoms with Gasteiger partial charge in [0.25, 0.3) is 0 Å². The number of aromatic nitrogens is 4. The van der Waals surface area contributed by atoms with Crippen molar-refractivity contribution >= 4 is 22.8 Å². The number of nitrogens with one attached hydrogen (secondary N) is 1. The van der Waals surface area contributed by atoms with E-state index < -0.39 is 0 Å². The van der Waals surface area contributed by atoms with E-state index in [-0.39, 0.29) is 5.91 Å². The fourth-order valence-corrected chi connectivity index (χ4v) is 3.47. The number of anilines is 1. The van der Waals surface area contributed by atoms with Gasteiger partial charge in [0.1, 0.15) is 5.82 Å². The minimum absolute atomic E-state index is 0.00697. The molecule has 0 saturated heterocycles. The molecule has 0 bridgehead atoms. The molecule has 24 heavy (non-hydrogen) atoms. The Kier molecular flexibility index (Phi) is 4.02. The van der Waals surface area contributed by atoms with Crippen LogP contribution in [0.3, 0.4) is 0 Å². The second kappa shape index (κ2) is 6.47. The smallest absolute Gasteiger partial charge is 0.227 e. The van der Waals surface area contributed by atoms with Crippen molar-refractivity contribution in [1.82, 2.24) is 19.3 Å². The van der Waals surface area contributed by atoms with Gasteiger partial charge in [-0.15, -0.1) is 0 Å². The number of carbonyl (C=O) groups excluding carboxylic acids is 1. The molecule has 1 aliphatic carbocycles. The third-order valence-electron chi connectivity index (χ3n) is 4.72. The molecular formula is C18H21N5O. The average Bonchev–Trinajstić information content (AvgIpc) is 3.33. The lowest BCUT2D eigenvalue weighted by atomic mass is 10.2. The Morgan fingerprint density at radius 2 is 2.04 bits per heavy atom. The number of amides is 1. The van der Waals surface area contributed by atoms with E-state index in [4.69, 9.17) is 0 Å². The maximum absolute atomic E-state index is 12.3. The van der Waals surface area contributed by atoms with Crippen LogP contribution in [0.1, 0.15) is 38.1 Å². The third kappa shape index (κ3) is 2.91. The molecule has 6 heteroatoms. The van der Waals surface area contributed by atoms with Crippen LogP contribution >= 0.6 is 0 Å². The highest BCUT2D eigenvalue weighted by atomic mass is 16.1. The molecule has 2 heterocycles. The lowest BCUT2D eigenvalue weighted by Crippen LogP contribution is -2.18. The maximum Gasteiger partial charge on any atom is 0.227 e. The summed E-state index contributed by atoms with van der Waals surface area (Å²) in [5, 5.41) is 7.39. The molecular weight excluding hydrogens is 302 g/mol. The zero-order valence-corrected chi connectivity index (χ0v) is 13.6. The van der Waals surface area contributed by atoms with Crippen molar-refractivity contribution in [2.45, 2.75) is 44.7 Å².